The molecule has 0 aromatic carbocycles. The van der Waals surface area contributed by atoms with Crippen molar-refractivity contribution in [2.45, 2.75) is 59.8 Å². The highest BCUT2D eigenvalue weighted by Gasteiger charge is 2.42. The second-order valence-corrected chi connectivity index (χ2v) is 6.04. The molecule has 0 spiro atoms. The van der Waals surface area contributed by atoms with Gasteiger partial charge < -0.3 is 0 Å². The smallest absolute Gasteiger partial charge is 0.130 e. The molecule has 0 fully saturated rings. The van der Waals surface area contributed by atoms with Gasteiger partial charge in [0.1, 0.15) is 5.79 Å². The van der Waals surface area contributed by atoms with Gasteiger partial charge in [0, 0.05) is 10.2 Å². The molecular weight excluding hydrogens is 250 g/mol. The van der Waals surface area contributed by atoms with Crippen LogP contribution in [0, 0.1) is 0 Å². The lowest BCUT2D eigenvalue weighted by Crippen LogP contribution is -2.69. The summed E-state index contributed by atoms with van der Waals surface area (Å²) >= 11 is 0. The fraction of sp³-hybridized carbons (Fsp3) is 1.00. The van der Waals surface area contributed by atoms with Crippen LogP contribution in [0.3, 0.4) is 0 Å². The van der Waals surface area contributed by atoms with Crippen molar-refractivity contribution in [3.8, 4) is 0 Å². The quantitative estimate of drug-likeness (QED) is 0.424. The first-order valence-electron chi connectivity index (χ1n) is 8.37. The highest BCUT2D eigenvalue weighted by molar-refractivity contribution is 6.08. The third kappa shape index (κ3) is 4.03. The minimum Gasteiger partial charge on any atom is -0.273 e. The van der Waals surface area contributed by atoms with Crippen LogP contribution in [0.4, 0.5) is 0 Å². The summed E-state index contributed by atoms with van der Waals surface area (Å²) in [5.74, 6) is 0.137. The summed E-state index contributed by atoms with van der Waals surface area (Å²) in [4.78, 5) is 8.01. The van der Waals surface area contributed by atoms with Crippen LogP contribution in [0.25, 0.3) is 0 Å². The van der Waals surface area contributed by atoms with Crippen LogP contribution in [0.2, 0.25) is 6.04 Å². The first-order valence-corrected chi connectivity index (χ1v) is 9.79. The van der Waals surface area contributed by atoms with Gasteiger partial charge >= 0.3 is 0 Å². The number of nitrogens with zero attached hydrogens (tertiary/aromatic N) is 3. The van der Waals surface area contributed by atoms with E-state index >= 15 is 0 Å². The van der Waals surface area contributed by atoms with Crippen LogP contribution in [0.15, 0.2) is 0 Å². The molecule has 0 bridgehead atoms. The zero-order valence-electron chi connectivity index (χ0n) is 14.5. The highest BCUT2D eigenvalue weighted by Crippen LogP contribution is 2.30. The number of rotatable bonds is 11. The van der Waals surface area contributed by atoms with E-state index in [0.29, 0.717) is 0 Å². The molecule has 19 heavy (non-hydrogen) atoms. The van der Waals surface area contributed by atoms with Crippen LogP contribution in [0.1, 0.15) is 48.0 Å². The molecule has 116 valence electrons. The van der Waals surface area contributed by atoms with E-state index in [9.17, 15) is 0 Å². The molecule has 0 radical (unpaired) electrons. The van der Waals surface area contributed by atoms with Crippen molar-refractivity contribution in [2.75, 3.05) is 39.3 Å². The van der Waals surface area contributed by atoms with Gasteiger partial charge in [-0.2, -0.15) is 0 Å². The van der Waals surface area contributed by atoms with E-state index in [-0.39, 0.29) is 5.79 Å². The molecule has 4 heteroatoms. The summed E-state index contributed by atoms with van der Waals surface area (Å²) in [6.45, 7) is 20.6. The number of hydrogen-bond donors (Lipinski definition) is 0. The van der Waals surface area contributed by atoms with Crippen molar-refractivity contribution < 1.29 is 0 Å². The zero-order chi connectivity index (χ0) is 14.9. The van der Waals surface area contributed by atoms with Crippen LogP contribution < -0.4 is 0 Å². The highest BCUT2D eigenvalue weighted by atomic mass is 28.1. The van der Waals surface area contributed by atoms with Gasteiger partial charge in [-0.3, -0.25) is 14.7 Å². The molecule has 0 aliphatic rings. The third-order valence-corrected chi connectivity index (χ3v) is 4.90. The standard InChI is InChI=1S/C15H37N3Si/c1-7-16(8-2)15(13-14-19,17(9-3)10-4)18(11-5)12-6/h7-14H2,1-6,19H3. The SMILES string of the molecule is CCN(CC)C(CC[SiH3])(N(CC)CC)N(CC)CC. The maximum Gasteiger partial charge on any atom is 0.130 e. The Hall–Kier alpha value is 0.0969. The fourth-order valence-corrected chi connectivity index (χ4v) is 4.27. The van der Waals surface area contributed by atoms with Crippen molar-refractivity contribution in [2.24, 2.45) is 0 Å². The van der Waals surface area contributed by atoms with Gasteiger partial charge in [-0.05, 0) is 45.7 Å². The minimum atomic E-state index is 0.137. The Labute approximate surface area is 124 Å². The summed E-state index contributed by atoms with van der Waals surface area (Å²) in [5.41, 5.74) is 0. The van der Waals surface area contributed by atoms with Gasteiger partial charge in [0.25, 0.3) is 0 Å². The summed E-state index contributed by atoms with van der Waals surface area (Å²) in [6, 6.07) is 1.36. The summed E-state index contributed by atoms with van der Waals surface area (Å²) in [5, 5.41) is 0. The molecule has 0 saturated heterocycles. The Kier molecular flexibility index (Phi) is 9.97. The molecule has 0 saturated carbocycles. The Morgan fingerprint density at radius 1 is 0.632 bits per heavy atom. The van der Waals surface area contributed by atoms with Crippen LogP contribution in [-0.2, 0) is 0 Å². The molecule has 0 atom stereocenters. The minimum absolute atomic E-state index is 0.137. The van der Waals surface area contributed by atoms with E-state index in [1.807, 2.05) is 0 Å². The normalized spacial score (nSPS) is 13.1. The zero-order valence-corrected chi connectivity index (χ0v) is 16.5. The second kappa shape index (κ2) is 9.92. The molecule has 0 unspecified atom stereocenters. The van der Waals surface area contributed by atoms with Crippen LogP contribution in [0.5, 0.6) is 0 Å². The van der Waals surface area contributed by atoms with Crippen molar-refractivity contribution in [1.82, 2.24) is 14.7 Å². The molecule has 0 rings (SSSR count). The summed E-state index contributed by atoms with van der Waals surface area (Å²) < 4.78 is 0. The van der Waals surface area contributed by atoms with E-state index in [4.69, 9.17) is 0 Å². The number of hydrogen-bond acceptors (Lipinski definition) is 3. The van der Waals surface area contributed by atoms with Crippen LogP contribution >= 0.6 is 0 Å². The van der Waals surface area contributed by atoms with Gasteiger partial charge in [0.05, 0.1) is 0 Å². The Bertz CT molecular complexity index is 180. The largest absolute Gasteiger partial charge is 0.273 e. The van der Waals surface area contributed by atoms with Crippen molar-refractivity contribution in [3.05, 3.63) is 0 Å². The first-order chi connectivity index (χ1) is 9.12. The van der Waals surface area contributed by atoms with E-state index < -0.39 is 0 Å². The van der Waals surface area contributed by atoms with Crippen LogP contribution in [-0.4, -0.2) is 70.0 Å². The van der Waals surface area contributed by atoms with Gasteiger partial charge in [-0.25, -0.2) is 0 Å². The van der Waals surface area contributed by atoms with E-state index in [1.54, 1.807) is 0 Å². The maximum absolute atomic E-state index is 2.67. The Morgan fingerprint density at radius 2 is 0.895 bits per heavy atom. The molecule has 0 aliphatic heterocycles. The molecule has 0 aromatic rings. The average Bonchev–Trinajstić information content (AvgIpc) is 2.42. The van der Waals surface area contributed by atoms with Crippen molar-refractivity contribution in [1.29, 1.82) is 0 Å². The van der Waals surface area contributed by atoms with Gasteiger partial charge in [0.15, 0.2) is 0 Å². The fourth-order valence-electron chi connectivity index (χ4n) is 3.60. The molecule has 0 heterocycles. The summed E-state index contributed by atoms with van der Waals surface area (Å²) in [7, 11) is 1.29. The predicted molar refractivity (Wildman–Crippen MR) is 90.9 cm³/mol. The lowest BCUT2D eigenvalue weighted by Gasteiger charge is -2.56. The molecule has 0 aliphatic carbocycles. The van der Waals surface area contributed by atoms with Crippen molar-refractivity contribution in [3.63, 3.8) is 0 Å². The van der Waals surface area contributed by atoms with Gasteiger partial charge in [0.2, 0.25) is 0 Å². The molecule has 3 nitrogen and oxygen atoms in total. The van der Waals surface area contributed by atoms with Crippen molar-refractivity contribution >= 4 is 10.2 Å². The molecule has 0 amide bonds. The second-order valence-electron chi connectivity index (χ2n) is 5.04. The van der Waals surface area contributed by atoms with Gasteiger partial charge in [-0.1, -0.05) is 47.6 Å². The predicted octanol–water partition coefficient (Wildman–Crippen LogP) is 1.84. The summed E-state index contributed by atoms with van der Waals surface area (Å²) in [6.07, 6.45) is 1.28. The van der Waals surface area contributed by atoms with E-state index in [0.717, 1.165) is 39.3 Å². The molecular formula is C15H37N3Si. The van der Waals surface area contributed by atoms with E-state index in [1.165, 1.54) is 22.7 Å². The topological polar surface area (TPSA) is 9.72 Å². The third-order valence-electron chi connectivity index (χ3n) is 4.40. The van der Waals surface area contributed by atoms with Gasteiger partial charge in [-0.15, -0.1) is 0 Å². The monoisotopic (exact) mass is 287 g/mol. The maximum atomic E-state index is 2.67. The average molecular weight is 288 g/mol. The Morgan fingerprint density at radius 3 is 1.05 bits per heavy atom. The lowest BCUT2D eigenvalue weighted by atomic mass is 10.1. The van der Waals surface area contributed by atoms with E-state index in [2.05, 4.69) is 56.2 Å². The molecule has 0 aromatic heterocycles. The molecule has 0 N–H and O–H groups in total. The Balaban J connectivity index is 5.68. The lowest BCUT2D eigenvalue weighted by molar-refractivity contribution is -0.164. The first kappa shape index (κ1) is 19.1.